The summed E-state index contributed by atoms with van der Waals surface area (Å²) >= 11 is 0. The molecule has 7 nitrogen and oxygen atoms in total. The molecular weight excluding hydrogens is 404 g/mol. The van der Waals surface area contributed by atoms with Gasteiger partial charge in [0.15, 0.2) is 0 Å². The van der Waals surface area contributed by atoms with Crippen LogP contribution >= 0.6 is 0 Å². The number of nitrogens with one attached hydrogen (secondary N) is 2. The first-order chi connectivity index (χ1) is 15.6. The van der Waals surface area contributed by atoms with Crippen molar-refractivity contribution in [2.45, 2.75) is 45.1 Å². The number of H-pyrrole nitrogens is 1. The molecular formula is C25H28N4O3. The van der Waals surface area contributed by atoms with Gasteiger partial charge in [-0.1, -0.05) is 19.1 Å². The number of aromatic amines is 1. The number of amides is 1. The average molecular weight is 433 g/mol. The largest absolute Gasteiger partial charge is 0.489 e. The molecule has 3 aromatic rings. The number of anilines is 1. The third-order valence-corrected chi connectivity index (χ3v) is 6.53. The van der Waals surface area contributed by atoms with Crippen LogP contribution < -0.4 is 10.1 Å². The Morgan fingerprint density at radius 3 is 2.94 bits per heavy atom. The number of benzene rings is 1. The summed E-state index contributed by atoms with van der Waals surface area (Å²) in [6.07, 6.45) is 7.90. The van der Waals surface area contributed by atoms with Crippen LogP contribution in [0.3, 0.4) is 0 Å². The fourth-order valence-corrected chi connectivity index (χ4v) is 4.55. The zero-order valence-corrected chi connectivity index (χ0v) is 18.3. The average Bonchev–Trinajstić information content (AvgIpc) is 3.48. The predicted molar refractivity (Wildman–Crippen MR) is 121 cm³/mol. The number of fused-ring (bicyclic) bond motifs is 1. The van der Waals surface area contributed by atoms with Gasteiger partial charge in [0.1, 0.15) is 12.4 Å². The first kappa shape index (κ1) is 20.7. The summed E-state index contributed by atoms with van der Waals surface area (Å²) in [4.78, 5) is 17.5. The summed E-state index contributed by atoms with van der Waals surface area (Å²) < 4.78 is 11.7. The quantitative estimate of drug-likeness (QED) is 0.610. The van der Waals surface area contributed by atoms with E-state index in [9.17, 15) is 4.79 Å². The van der Waals surface area contributed by atoms with Crippen LogP contribution in [0.25, 0.3) is 11.3 Å². The molecule has 0 saturated carbocycles. The summed E-state index contributed by atoms with van der Waals surface area (Å²) in [5.74, 6) is 0.676. The van der Waals surface area contributed by atoms with E-state index < -0.39 is 5.41 Å². The fourth-order valence-electron chi connectivity index (χ4n) is 4.55. The standard InChI is InChI=1S/C25H28N4O3/c1-25(11-8-20-19(15-25)23(29-28-20)17-9-12-26-13-10-17)24(30)27-21-6-2-3-7-22(21)32-16-18-5-4-14-31-18/h2-3,6-7,9-10,12-13,18H,4-5,8,11,14-16H2,1H3,(H,27,30)(H,28,29). The van der Waals surface area contributed by atoms with Crippen LogP contribution in [0.4, 0.5) is 5.69 Å². The van der Waals surface area contributed by atoms with Crippen molar-refractivity contribution in [1.82, 2.24) is 15.2 Å². The predicted octanol–water partition coefficient (Wildman–Crippen LogP) is 4.16. The van der Waals surface area contributed by atoms with Gasteiger partial charge in [-0.3, -0.25) is 14.9 Å². The molecule has 2 atom stereocenters. The third kappa shape index (κ3) is 4.12. The fraction of sp³-hybridized carbons (Fsp3) is 0.400. The molecule has 166 valence electrons. The Bertz CT molecular complexity index is 1090. The van der Waals surface area contributed by atoms with Crippen LogP contribution in [0.5, 0.6) is 5.75 Å². The van der Waals surface area contributed by atoms with Gasteiger partial charge in [0.05, 0.1) is 22.9 Å². The van der Waals surface area contributed by atoms with Gasteiger partial charge >= 0.3 is 0 Å². The number of carbonyl (C=O) groups is 1. The minimum absolute atomic E-state index is 0.00167. The second-order valence-corrected chi connectivity index (χ2v) is 8.90. The highest BCUT2D eigenvalue weighted by atomic mass is 16.5. The van der Waals surface area contributed by atoms with Crippen molar-refractivity contribution < 1.29 is 14.3 Å². The number of hydrogen-bond acceptors (Lipinski definition) is 5. The molecule has 0 spiro atoms. The Labute approximate surface area is 187 Å². The van der Waals surface area contributed by atoms with E-state index in [-0.39, 0.29) is 12.0 Å². The van der Waals surface area contributed by atoms with Crippen molar-refractivity contribution >= 4 is 11.6 Å². The van der Waals surface area contributed by atoms with Crippen molar-refractivity contribution in [2.24, 2.45) is 5.41 Å². The molecule has 1 amide bonds. The van der Waals surface area contributed by atoms with E-state index in [1.807, 2.05) is 43.3 Å². The SMILES string of the molecule is CC1(C(=O)Nc2ccccc2OCC2CCCO2)CCc2[nH]nc(-c3ccncc3)c2C1. The first-order valence-electron chi connectivity index (χ1n) is 11.2. The molecule has 2 aromatic heterocycles. The van der Waals surface area contributed by atoms with Crippen LogP contribution in [0.1, 0.15) is 37.4 Å². The summed E-state index contributed by atoms with van der Waals surface area (Å²) in [6, 6.07) is 11.5. The summed E-state index contributed by atoms with van der Waals surface area (Å²) in [5, 5.41) is 10.8. The van der Waals surface area contributed by atoms with Gasteiger partial charge in [-0.05, 0) is 56.4 Å². The molecule has 0 radical (unpaired) electrons. The molecule has 3 heterocycles. The molecule has 2 N–H and O–H groups in total. The number of carbonyl (C=O) groups excluding carboxylic acids is 1. The van der Waals surface area contributed by atoms with Crippen molar-refractivity contribution in [3.63, 3.8) is 0 Å². The molecule has 7 heteroatoms. The maximum atomic E-state index is 13.4. The minimum Gasteiger partial charge on any atom is -0.489 e. The van der Waals surface area contributed by atoms with Gasteiger partial charge < -0.3 is 14.8 Å². The van der Waals surface area contributed by atoms with Gasteiger partial charge in [-0.2, -0.15) is 5.10 Å². The minimum atomic E-state index is -0.541. The van der Waals surface area contributed by atoms with Gasteiger partial charge in [0, 0.05) is 35.8 Å². The number of aromatic nitrogens is 3. The highest BCUT2D eigenvalue weighted by molar-refractivity contribution is 5.96. The monoisotopic (exact) mass is 432 g/mol. The smallest absolute Gasteiger partial charge is 0.230 e. The van der Waals surface area contributed by atoms with E-state index in [0.717, 1.165) is 54.8 Å². The summed E-state index contributed by atoms with van der Waals surface area (Å²) in [7, 11) is 0. The van der Waals surface area contributed by atoms with Crippen molar-refractivity contribution in [3.05, 3.63) is 60.0 Å². The van der Waals surface area contributed by atoms with Crippen molar-refractivity contribution in [3.8, 4) is 17.0 Å². The second kappa shape index (κ2) is 8.74. The van der Waals surface area contributed by atoms with Crippen LogP contribution in [0, 0.1) is 5.41 Å². The lowest BCUT2D eigenvalue weighted by molar-refractivity contribution is -0.125. The normalized spacial score (nSPS) is 22.3. The Balaban J connectivity index is 1.32. The Kier molecular flexibility index (Phi) is 5.66. The molecule has 1 fully saturated rings. The molecule has 5 rings (SSSR count). The topological polar surface area (TPSA) is 89.1 Å². The van der Waals surface area contributed by atoms with Crippen molar-refractivity contribution in [2.75, 3.05) is 18.5 Å². The van der Waals surface area contributed by atoms with Crippen LogP contribution in [-0.4, -0.2) is 40.4 Å². The third-order valence-electron chi connectivity index (χ3n) is 6.53. The summed E-state index contributed by atoms with van der Waals surface area (Å²) in [6.45, 7) is 3.32. The zero-order valence-electron chi connectivity index (χ0n) is 18.3. The number of para-hydroxylation sites is 2. The van der Waals surface area contributed by atoms with E-state index in [0.29, 0.717) is 24.5 Å². The highest BCUT2D eigenvalue weighted by Gasteiger charge is 2.39. The molecule has 2 aliphatic rings. The Morgan fingerprint density at radius 1 is 1.28 bits per heavy atom. The van der Waals surface area contributed by atoms with Gasteiger partial charge in [-0.25, -0.2) is 0 Å². The molecule has 1 aromatic carbocycles. The molecule has 0 bridgehead atoms. The molecule has 1 aliphatic carbocycles. The summed E-state index contributed by atoms with van der Waals surface area (Å²) in [5.41, 5.74) is 4.30. The Hall–Kier alpha value is -3.19. The molecule has 2 unspecified atom stereocenters. The van der Waals surface area contributed by atoms with Gasteiger partial charge in [0.2, 0.25) is 5.91 Å². The maximum absolute atomic E-state index is 13.4. The van der Waals surface area contributed by atoms with Crippen LogP contribution in [0.2, 0.25) is 0 Å². The lowest BCUT2D eigenvalue weighted by Gasteiger charge is -2.32. The number of aryl methyl sites for hydroxylation is 1. The van der Waals surface area contributed by atoms with E-state index >= 15 is 0 Å². The zero-order chi connectivity index (χ0) is 22.0. The van der Waals surface area contributed by atoms with E-state index in [2.05, 4.69) is 20.5 Å². The van der Waals surface area contributed by atoms with Gasteiger partial charge in [0.25, 0.3) is 0 Å². The first-order valence-corrected chi connectivity index (χ1v) is 11.2. The van der Waals surface area contributed by atoms with Crippen molar-refractivity contribution in [1.29, 1.82) is 0 Å². The van der Waals surface area contributed by atoms with E-state index in [1.165, 1.54) is 0 Å². The lowest BCUT2D eigenvalue weighted by Crippen LogP contribution is -2.38. The number of pyridine rings is 1. The maximum Gasteiger partial charge on any atom is 0.230 e. The van der Waals surface area contributed by atoms with E-state index in [4.69, 9.17) is 9.47 Å². The van der Waals surface area contributed by atoms with Crippen LogP contribution in [0.15, 0.2) is 48.8 Å². The Morgan fingerprint density at radius 2 is 2.12 bits per heavy atom. The highest BCUT2D eigenvalue weighted by Crippen LogP contribution is 2.40. The van der Waals surface area contributed by atoms with Crippen LogP contribution in [-0.2, 0) is 22.4 Å². The molecule has 1 saturated heterocycles. The lowest BCUT2D eigenvalue weighted by atomic mass is 9.73. The van der Waals surface area contributed by atoms with E-state index in [1.54, 1.807) is 12.4 Å². The number of rotatable bonds is 6. The second-order valence-electron chi connectivity index (χ2n) is 8.90. The molecule has 32 heavy (non-hydrogen) atoms. The number of nitrogens with zero attached hydrogens (tertiary/aromatic N) is 2. The number of hydrogen-bond donors (Lipinski definition) is 2. The molecule has 1 aliphatic heterocycles. The number of ether oxygens (including phenoxy) is 2. The van der Waals surface area contributed by atoms with Gasteiger partial charge in [-0.15, -0.1) is 0 Å².